The third kappa shape index (κ3) is 10.4. The predicted octanol–water partition coefficient (Wildman–Crippen LogP) is 2.69. The van der Waals surface area contributed by atoms with Crippen LogP contribution in [0.3, 0.4) is 0 Å². The predicted molar refractivity (Wildman–Crippen MR) is 112 cm³/mol. The zero-order valence-corrected chi connectivity index (χ0v) is 18.3. The molecule has 140 valence electrons. The van der Waals surface area contributed by atoms with Gasteiger partial charge in [-0.3, -0.25) is 4.99 Å². The average Bonchev–Trinajstić information content (AvgIpc) is 2.51. The van der Waals surface area contributed by atoms with Crippen LogP contribution in [0.5, 0.6) is 0 Å². The van der Waals surface area contributed by atoms with E-state index in [0.29, 0.717) is 6.04 Å². The van der Waals surface area contributed by atoms with Gasteiger partial charge in [-0.25, -0.2) is 0 Å². The van der Waals surface area contributed by atoms with E-state index in [0.717, 1.165) is 51.4 Å². The van der Waals surface area contributed by atoms with Crippen LogP contribution in [0.4, 0.5) is 0 Å². The maximum atomic E-state index is 9.30. The average molecular weight is 442 g/mol. The standard InChI is InChI=1S/C17H38N4O.HI/c1-7-17(8-2,10-13-22)14-20-16(18-9-3)19-11-12-21(6)15(4)5;/h15,22H,7-14H2,1-6H3,(H2,18,19,20);1H. The smallest absolute Gasteiger partial charge is 0.191 e. The molecule has 0 rings (SSSR count). The number of aliphatic imine (C=N–C) groups is 1. The lowest BCUT2D eigenvalue weighted by Gasteiger charge is -2.29. The van der Waals surface area contributed by atoms with Gasteiger partial charge in [-0.1, -0.05) is 13.8 Å². The second-order valence-electron chi connectivity index (χ2n) is 6.38. The monoisotopic (exact) mass is 442 g/mol. The molecule has 0 aromatic carbocycles. The summed E-state index contributed by atoms with van der Waals surface area (Å²) in [6.07, 6.45) is 2.91. The molecule has 0 spiro atoms. The number of aliphatic hydroxyl groups is 1. The Labute approximate surface area is 160 Å². The zero-order valence-electron chi connectivity index (χ0n) is 16.0. The van der Waals surface area contributed by atoms with Crippen LogP contribution in [0.1, 0.15) is 53.9 Å². The van der Waals surface area contributed by atoms with Gasteiger partial charge >= 0.3 is 0 Å². The molecule has 0 heterocycles. The minimum Gasteiger partial charge on any atom is -0.396 e. The largest absolute Gasteiger partial charge is 0.396 e. The summed E-state index contributed by atoms with van der Waals surface area (Å²) in [4.78, 5) is 7.06. The van der Waals surface area contributed by atoms with E-state index in [9.17, 15) is 5.11 Å². The number of nitrogens with one attached hydrogen (secondary N) is 2. The molecule has 0 saturated heterocycles. The highest BCUT2D eigenvalue weighted by Crippen LogP contribution is 2.30. The number of guanidine groups is 1. The van der Waals surface area contributed by atoms with Gasteiger partial charge in [0.15, 0.2) is 5.96 Å². The SMILES string of the molecule is CCNC(=NCC(CC)(CC)CCO)NCCN(C)C(C)C.I. The molecule has 0 radical (unpaired) electrons. The fraction of sp³-hybridized carbons (Fsp3) is 0.941. The maximum absolute atomic E-state index is 9.30. The summed E-state index contributed by atoms with van der Waals surface area (Å²) in [5.74, 6) is 0.879. The molecule has 0 aliphatic carbocycles. The molecule has 23 heavy (non-hydrogen) atoms. The van der Waals surface area contributed by atoms with E-state index in [2.05, 4.69) is 57.2 Å². The third-order valence-corrected chi connectivity index (χ3v) is 4.70. The highest BCUT2D eigenvalue weighted by Gasteiger charge is 2.25. The minimum atomic E-state index is 0. The first-order valence-electron chi connectivity index (χ1n) is 8.78. The van der Waals surface area contributed by atoms with Crippen molar-refractivity contribution in [2.75, 3.05) is 39.8 Å². The van der Waals surface area contributed by atoms with Crippen molar-refractivity contribution in [3.8, 4) is 0 Å². The van der Waals surface area contributed by atoms with Gasteiger partial charge in [0.25, 0.3) is 0 Å². The second kappa shape index (κ2) is 14.3. The van der Waals surface area contributed by atoms with Crippen molar-refractivity contribution >= 4 is 29.9 Å². The van der Waals surface area contributed by atoms with Crippen LogP contribution in [0.25, 0.3) is 0 Å². The van der Waals surface area contributed by atoms with Crippen LogP contribution in [0.15, 0.2) is 4.99 Å². The summed E-state index contributed by atoms with van der Waals surface area (Å²) >= 11 is 0. The molecule has 6 heteroatoms. The highest BCUT2D eigenvalue weighted by molar-refractivity contribution is 14.0. The summed E-state index contributed by atoms with van der Waals surface area (Å²) in [5.41, 5.74) is 0.117. The third-order valence-electron chi connectivity index (χ3n) is 4.70. The Morgan fingerprint density at radius 1 is 1.17 bits per heavy atom. The van der Waals surface area contributed by atoms with Gasteiger partial charge < -0.3 is 20.6 Å². The van der Waals surface area contributed by atoms with Gasteiger partial charge in [0.1, 0.15) is 0 Å². The molecule has 0 saturated carbocycles. The molecule has 3 N–H and O–H groups in total. The van der Waals surface area contributed by atoms with E-state index in [-0.39, 0.29) is 36.0 Å². The first-order valence-corrected chi connectivity index (χ1v) is 8.78. The number of hydrogen-bond acceptors (Lipinski definition) is 3. The van der Waals surface area contributed by atoms with Gasteiger partial charge in [-0.2, -0.15) is 0 Å². The zero-order chi connectivity index (χ0) is 17.0. The molecule has 5 nitrogen and oxygen atoms in total. The normalized spacial score (nSPS) is 12.5. The number of rotatable bonds is 11. The number of aliphatic hydroxyl groups excluding tert-OH is 1. The molecule has 0 aromatic heterocycles. The topological polar surface area (TPSA) is 59.9 Å². The van der Waals surface area contributed by atoms with Crippen molar-refractivity contribution < 1.29 is 5.11 Å². The van der Waals surface area contributed by atoms with E-state index >= 15 is 0 Å². The minimum absolute atomic E-state index is 0. The number of hydrogen-bond donors (Lipinski definition) is 3. The Morgan fingerprint density at radius 3 is 2.22 bits per heavy atom. The van der Waals surface area contributed by atoms with Gasteiger partial charge in [0, 0.05) is 38.8 Å². The first-order chi connectivity index (χ1) is 10.4. The van der Waals surface area contributed by atoms with Gasteiger partial charge in [0.2, 0.25) is 0 Å². The highest BCUT2D eigenvalue weighted by atomic mass is 127. The van der Waals surface area contributed by atoms with Gasteiger partial charge in [-0.05, 0) is 52.5 Å². The molecule has 0 aromatic rings. The molecule has 0 aliphatic rings. The van der Waals surface area contributed by atoms with Crippen molar-refractivity contribution in [1.29, 1.82) is 0 Å². The van der Waals surface area contributed by atoms with Crippen molar-refractivity contribution in [1.82, 2.24) is 15.5 Å². The van der Waals surface area contributed by atoms with E-state index in [1.54, 1.807) is 0 Å². The summed E-state index contributed by atoms with van der Waals surface area (Å²) < 4.78 is 0. The number of halogens is 1. The van der Waals surface area contributed by atoms with Crippen LogP contribution in [-0.2, 0) is 0 Å². The number of likely N-dealkylation sites (N-methyl/N-ethyl adjacent to an activating group) is 1. The molecule has 0 aliphatic heterocycles. The van der Waals surface area contributed by atoms with Crippen molar-refractivity contribution in [2.24, 2.45) is 10.4 Å². The van der Waals surface area contributed by atoms with Crippen molar-refractivity contribution in [3.05, 3.63) is 0 Å². The van der Waals surface area contributed by atoms with Crippen LogP contribution in [-0.4, -0.2) is 61.8 Å². The lowest BCUT2D eigenvalue weighted by molar-refractivity contribution is 0.175. The van der Waals surface area contributed by atoms with Crippen molar-refractivity contribution in [3.63, 3.8) is 0 Å². The summed E-state index contributed by atoms with van der Waals surface area (Å²) in [6.45, 7) is 14.6. The fourth-order valence-electron chi connectivity index (χ4n) is 2.34. The fourth-order valence-corrected chi connectivity index (χ4v) is 2.34. The van der Waals surface area contributed by atoms with Crippen molar-refractivity contribution in [2.45, 2.75) is 59.9 Å². The summed E-state index contributed by atoms with van der Waals surface area (Å²) in [7, 11) is 2.14. The maximum Gasteiger partial charge on any atom is 0.191 e. The van der Waals surface area contributed by atoms with E-state index in [1.807, 2.05) is 0 Å². The molecule has 0 atom stereocenters. The van der Waals surface area contributed by atoms with Crippen LogP contribution < -0.4 is 10.6 Å². The second-order valence-corrected chi connectivity index (χ2v) is 6.38. The molecule has 0 amide bonds. The number of nitrogens with zero attached hydrogens (tertiary/aromatic N) is 2. The van der Waals surface area contributed by atoms with E-state index in [4.69, 9.17) is 4.99 Å². The Kier molecular flexibility index (Phi) is 15.6. The van der Waals surface area contributed by atoms with Gasteiger partial charge in [0.05, 0.1) is 0 Å². The Balaban J connectivity index is 0. The van der Waals surface area contributed by atoms with Gasteiger partial charge in [-0.15, -0.1) is 24.0 Å². The Bertz CT molecular complexity index is 307. The van der Waals surface area contributed by atoms with Crippen LogP contribution in [0.2, 0.25) is 0 Å². The quantitative estimate of drug-likeness (QED) is 0.262. The summed E-state index contributed by atoms with van der Waals surface area (Å²) in [5, 5.41) is 16.0. The lowest BCUT2D eigenvalue weighted by Crippen LogP contribution is -2.42. The summed E-state index contributed by atoms with van der Waals surface area (Å²) in [6, 6.07) is 0.554. The van der Waals surface area contributed by atoms with E-state index in [1.165, 1.54) is 0 Å². The Morgan fingerprint density at radius 2 is 1.78 bits per heavy atom. The van der Waals surface area contributed by atoms with Crippen LogP contribution >= 0.6 is 24.0 Å². The molecule has 0 fully saturated rings. The lowest BCUT2D eigenvalue weighted by atomic mass is 9.79. The Hall–Kier alpha value is -0.0800. The molecule has 0 unspecified atom stereocenters. The van der Waals surface area contributed by atoms with E-state index < -0.39 is 0 Å². The molecule has 0 bridgehead atoms. The van der Waals surface area contributed by atoms with Crippen LogP contribution in [0, 0.1) is 5.41 Å². The molecular weight excluding hydrogens is 403 g/mol. The first kappa shape index (κ1) is 25.2. The molecular formula is C17H39IN4O.